The zero-order valence-electron chi connectivity index (χ0n) is 19.5. The monoisotopic (exact) mass is 562 g/mol. The van der Waals surface area contributed by atoms with Crippen LogP contribution in [-0.2, 0) is 10.0 Å². The number of hydrogen-bond acceptors (Lipinski definition) is 6. The van der Waals surface area contributed by atoms with Gasteiger partial charge in [-0.3, -0.25) is 0 Å². The first-order chi connectivity index (χ1) is 16.1. The molecule has 1 aromatic heterocycles. The third kappa shape index (κ3) is 6.43. The zero-order chi connectivity index (χ0) is 24.5. The summed E-state index contributed by atoms with van der Waals surface area (Å²) in [5.41, 5.74) is 1.61. The molecular weight excluding hydrogens is 535 g/mol. The molecule has 0 bridgehead atoms. The Balaban J connectivity index is 0.00000342. The zero-order valence-corrected chi connectivity index (χ0v) is 22.6. The standard InChI is InChI=1S/C24H28Cl2N2O5S.ClH/c1-27(2)34(30,31)24-13-19-22(4-3-5-23(19)33-24)32-15-18(29)14-28-10-8-16(9-11-28)17-6-7-20(25)21(26)12-17;/h3-7,12-13,16,18,29H,8-11,14-15H2,1-2H3;1H/t18-;/m0./s1. The second kappa shape index (κ2) is 11.7. The maximum atomic E-state index is 12.4. The Morgan fingerprint density at radius 1 is 1.14 bits per heavy atom. The maximum absolute atomic E-state index is 12.4. The maximum Gasteiger partial charge on any atom is 0.275 e. The van der Waals surface area contributed by atoms with Gasteiger partial charge >= 0.3 is 0 Å². The summed E-state index contributed by atoms with van der Waals surface area (Å²) < 4.78 is 37.2. The number of aliphatic hydroxyl groups excluding tert-OH is 1. The van der Waals surface area contributed by atoms with E-state index in [-0.39, 0.29) is 24.1 Å². The van der Waals surface area contributed by atoms with Crippen LogP contribution in [0.1, 0.15) is 24.3 Å². The molecule has 1 aliphatic heterocycles. The van der Waals surface area contributed by atoms with Crippen LogP contribution in [0, 0.1) is 0 Å². The minimum Gasteiger partial charge on any atom is -0.490 e. The second-order valence-corrected chi connectivity index (χ2v) is 11.6. The lowest BCUT2D eigenvalue weighted by Crippen LogP contribution is -2.40. The lowest BCUT2D eigenvalue weighted by molar-refractivity contribution is 0.0599. The molecule has 0 spiro atoms. The summed E-state index contributed by atoms with van der Waals surface area (Å²) in [6.07, 6.45) is 1.26. The number of rotatable bonds is 8. The highest BCUT2D eigenvalue weighted by Gasteiger charge is 2.25. The lowest BCUT2D eigenvalue weighted by atomic mass is 9.89. The fraction of sp³-hybridized carbons (Fsp3) is 0.417. The van der Waals surface area contributed by atoms with Gasteiger partial charge < -0.3 is 19.2 Å². The summed E-state index contributed by atoms with van der Waals surface area (Å²) >= 11 is 12.2. The van der Waals surface area contributed by atoms with Crippen molar-refractivity contribution in [3.63, 3.8) is 0 Å². The van der Waals surface area contributed by atoms with E-state index in [4.69, 9.17) is 32.4 Å². The van der Waals surface area contributed by atoms with Gasteiger partial charge in [-0.25, -0.2) is 12.7 Å². The Labute approximate surface area is 222 Å². The summed E-state index contributed by atoms with van der Waals surface area (Å²) in [5, 5.41) is 12.1. The molecule has 0 amide bonds. The highest BCUT2D eigenvalue weighted by atomic mass is 35.5. The van der Waals surface area contributed by atoms with Crippen LogP contribution in [0.4, 0.5) is 0 Å². The molecule has 35 heavy (non-hydrogen) atoms. The number of aliphatic hydroxyl groups is 1. The number of hydrogen-bond donors (Lipinski definition) is 1. The van der Waals surface area contributed by atoms with E-state index in [1.807, 2.05) is 18.2 Å². The van der Waals surface area contributed by atoms with Gasteiger partial charge in [-0.1, -0.05) is 35.3 Å². The molecule has 11 heteroatoms. The Morgan fingerprint density at radius 2 is 1.86 bits per heavy atom. The first-order valence-corrected chi connectivity index (χ1v) is 13.3. The van der Waals surface area contributed by atoms with E-state index in [2.05, 4.69) is 4.90 Å². The molecule has 2 aromatic carbocycles. The Morgan fingerprint density at radius 3 is 2.51 bits per heavy atom. The quantitative estimate of drug-likeness (QED) is 0.414. The first kappa shape index (κ1) is 28.1. The summed E-state index contributed by atoms with van der Waals surface area (Å²) in [5.74, 6) is 0.893. The number of benzene rings is 2. The van der Waals surface area contributed by atoms with E-state index >= 15 is 0 Å². The molecule has 0 radical (unpaired) electrons. The van der Waals surface area contributed by atoms with Crippen molar-refractivity contribution < 1.29 is 22.7 Å². The van der Waals surface area contributed by atoms with Crippen molar-refractivity contribution in [1.82, 2.24) is 9.21 Å². The smallest absolute Gasteiger partial charge is 0.275 e. The third-order valence-electron chi connectivity index (χ3n) is 6.14. The number of halogens is 3. The lowest BCUT2D eigenvalue weighted by Gasteiger charge is -2.33. The minimum atomic E-state index is -3.69. The Hall–Kier alpha value is -1.52. The summed E-state index contributed by atoms with van der Waals surface area (Å²) in [6.45, 7) is 2.32. The van der Waals surface area contributed by atoms with Crippen LogP contribution < -0.4 is 4.74 Å². The van der Waals surface area contributed by atoms with Crippen molar-refractivity contribution in [2.45, 2.75) is 30.0 Å². The van der Waals surface area contributed by atoms with E-state index in [0.717, 1.165) is 30.2 Å². The van der Waals surface area contributed by atoms with Gasteiger partial charge in [-0.05, 0) is 61.7 Å². The summed E-state index contributed by atoms with van der Waals surface area (Å²) in [4.78, 5) is 2.22. The summed E-state index contributed by atoms with van der Waals surface area (Å²) in [6, 6.07) is 12.4. The van der Waals surface area contributed by atoms with Crippen LogP contribution in [0.2, 0.25) is 10.0 Å². The third-order valence-corrected chi connectivity index (χ3v) is 8.55. The van der Waals surface area contributed by atoms with Crippen molar-refractivity contribution in [2.24, 2.45) is 0 Å². The van der Waals surface area contributed by atoms with Crippen molar-refractivity contribution >= 4 is 56.6 Å². The van der Waals surface area contributed by atoms with Crippen molar-refractivity contribution in [3.05, 3.63) is 58.1 Å². The fourth-order valence-corrected chi connectivity index (χ4v) is 5.32. The number of ether oxygens (including phenoxy) is 1. The normalized spacial score (nSPS) is 16.4. The molecule has 0 unspecified atom stereocenters. The van der Waals surface area contributed by atoms with Crippen LogP contribution >= 0.6 is 35.6 Å². The summed E-state index contributed by atoms with van der Waals surface area (Å²) in [7, 11) is -0.798. The molecule has 7 nitrogen and oxygen atoms in total. The van der Waals surface area contributed by atoms with Gasteiger partial charge in [0.25, 0.3) is 10.0 Å². The van der Waals surface area contributed by atoms with Crippen molar-refractivity contribution in [2.75, 3.05) is 40.3 Å². The van der Waals surface area contributed by atoms with Gasteiger partial charge in [0.05, 0.1) is 15.4 Å². The minimum absolute atomic E-state index is 0. The van der Waals surface area contributed by atoms with Gasteiger partial charge in [0.1, 0.15) is 24.0 Å². The average molecular weight is 564 g/mol. The van der Waals surface area contributed by atoms with Crippen LogP contribution in [0.25, 0.3) is 11.0 Å². The molecule has 1 aliphatic rings. The number of nitrogens with zero attached hydrogens (tertiary/aromatic N) is 2. The highest BCUT2D eigenvalue weighted by Crippen LogP contribution is 2.33. The molecule has 1 saturated heterocycles. The molecular formula is C24H29Cl3N2O5S. The van der Waals surface area contributed by atoms with Gasteiger partial charge in [0.15, 0.2) is 0 Å². The van der Waals surface area contributed by atoms with E-state index in [1.54, 1.807) is 18.2 Å². The van der Waals surface area contributed by atoms with Gasteiger partial charge in [0.2, 0.25) is 5.09 Å². The SMILES string of the molecule is CN(C)S(=O)(=O)c1cc2c(OC[C@@H](O)CN3CCC(c4ccc(Cl)c(Cl)c4)CC3)cccc2o1.Cl. The van der Waals surface area contributed by atoms with E-state index < -0.39 is 16.1 Å². The van der Waals surface area contributed by atoms with E-state index in [9.17, 15) is 13.5 Å². The molecule has 0 saturated carbocycles. The van der Waals surface area contributed by atoms with Gasteiger partial charge in [-0.15, -0.1) is 12.4 Å². The second-order valence-electron chi connectivity index (χ2n) is 8.73. The number of β-amino-alcohol motifs (C(OH)–C–C–N with tert-alkyl or cyclic N) is 1. The van der Waals surface area contributed by atoms with Gasteiger partial charge in [-0.2, -0.15) is 0 Å². The van der Waals surface area contributed by atoms with E-state index in [1.165, 1.54) is 25.7 Å². The number of likely N-dealkylation sites (tertiary alicyclic amines) is 1. The predicted molar refractivity (Wildman–Crippen MR) is 141 cm³/mol. The molecule has 192 valence electrons. The Kier molecular flexibility index (Phi) is 9.37. The van der Waals surface area contributed by atoms with E-state index in [0.29, 0.717) is 39.2 Å². The predicted octanol–water partition coefficient (Wildman–Crippen LogP) is 5.03. The largest absolute Gasteiger partial charge is 0.490 e. The van der Waals surface area contributed by atoms with Crippen LogP contribution in [0.15, 0.2) is 52.0 Å². The number of sulfonamides is 1. The molecule has 2 heterocycles. The number of piperidine rings is 1. The topological polar surface area (TPSA) is 83.2 Å². The average Bonchev–Trinajstić information content (AvgIpc) is 3.26. The van der Waals surface area contributed by atoms with Crippen LogP contribution in [-0.4, -0.2) is 69.2 Å². The van der Waals surface area contributed by atoms with Crippen LogP contribution in [0.3, 0.4) is 0 Å². The first-order valence-electron chi connectivity index (χ1n) is 11.1. The molecule has 1 N–H and O–H groups in total. The molecule has 0 aliphatic carbocycles. The van der Waals surface area contributed by atoms with Gasteiger partial charge in [0, 0.05) is 26.7 Å². The molecule has 1 fully saturated rings. The highest BCUT2D eigenvalue weighted by molar-refractivity contribution is 7.89. The van der Waals surface area contributed by atoms with Crippen molar-refractivity contribution in [3.8, 4) is 5.75 Å². The Bertz CT molecular complexity index is 1260. The van der Waals surface area contributed by atoms with Crippen molar-refractivity contribution in [1.29, 1.82) is 0 Å². The molecule has 1 atom stereocenters. The number of furan rings is 1. The fourth-order valence-electron chi connectivity index (χ4n) is 4.20. The molecule has 3 aromatic rings. The number of fused-ring (bicyclic) bond motifs is 1. The van der Waals surface area contributed by atoms with Crippen LogP contribution in [0.5, 0.6) is 5.75 Å². The molecule has 4 rings (SSSR count).